The Morgan fingerprint density at radius 1 is 1.24 bits per heavy atom. The monoisotopic (exact) mass is 244 g/mol. The zero-order valence-electron chi connectivity index (χ0n) is 11.6. The molecule has 1 saturated heterocycles. The summed E-state index contributed by atoms with van der Waals surface area (Å²) in [4.78, 5) is 2.41. The highest BCUT2D eigenvalue weighted by molar-refractivity contribution is 4.78. The molecule has 0 spiro atoms. The second-order valence-corrected chi connectivity index (χ2v) is 4.99. The van der Waals surface area contributed by atoms with E-state index in [0.717, 1.165) is 19.1 Å². The van der Waals surface area contributed by atoms with E-state index in [-0.39, 0.29) is 0 Å². The first-order chi connectivity index (χ1) is 8.24. The molecule has 1 aliphatic heterocycles. The molecule has 4 heteroatoms. The zero-order chi connectivity index (χ0) is 12.5. The predicted molar refractivity (Wildman–Crippen MR) is 70.4 cm³/mol. The number of rotatable bonds is 8. The van der Waals surface area contributed by atoms with E-state index in [1.54, 1.807) is 7.11 Å². The number of likely N-dealkylation sites (tertiary alicyclic amines) is 1. The second-order valence-electron chi connectivity index (χ2n) is 4.99. The van der Waals surface area contributed by atoms with Crippen molar-refractivity contribution in [3.8, 4) is 0 Å². The van der Waals surface area contributed by atoms with E-state index in [4.69, 9.17) is 9.47 Å². The highest BCUT2D eigenvalue weighted by Gasteiger charge is 2.21. The van der Waals surface area contributed by atoms with Crippen LogP contribution in [0.3, 0.4) is 0 Å². The fourth-order valence-corrected chi connectivity index (χ4v) is 2.30. The number of hydrogen-bond acceptors (Lipinski definition) is 4. The third kappa shape index (κ3) is 6.36. The summed E-state index contributed by atoms with van der Waals surface area (Å²) in [5.74, 6) is 0.824. The van der Waals surface area contributed by atoms with Crippen molar-refractivity contribution in [2.24, 2.45) is 5.92 Å². The highest BCUT2D eigenvalue weighted by Crippen LogP contribution is 2.19. The van der Waals surface area contributed by atoms with Crippen molar-refractivity contribution in [2.75, 3.05) is 53.6 Å². The zero-order valence-corrected chi connectivity index (χ0v) is 11.6. The lowest BCUT2D eigenvalue weighted by Gasteiger charge is -2.33. The number of ether oxygens (including phenoxy) is 2. The Balaban J connectivity index is 1.99. The molecule has 102 valence electrons. The first-order valence-corrected chi connectivity index (χ1v) is 6.72. The lowest BCUT2D eigenvalue weighted by atomic mass is 9.90. The molecule has 17 heavy (non-hydrogen) atoms. The summed E-state index contributed by atoms with van der Waals surface area (Å²) in [7, 11) is 3.90. The van der Waals surface area contributed by atoms with Crippen LogP contribution in [0.15, 0.2) is 0 Å². The molecular weight excluding hydrogens is 216 g/mol. The molecular formula is C13H28N2O2. The molecule has 1 N–H and O–H groups in total. The van der Waals surface area contributed by atoms with Gasteiger partial charge in [0.2, 0.25) is 0 Å². The van der Waals surface area contributed by atoms with Crippen molar-refractivity contribution >= 4 is 0 Å². The van der Waals surface area contributed by atoms with Gasteiger partial charge in [0.1, 0.15) is 0 Å². The van der Waals surface area contributed by atoms with Gasteiger partial charge in [0.25, 0.3) is 0 Å². The molecule has 1 aliphatic rings. The van der Waals surface area contributed by atoms with Gasteiger partial charge in [-0.3, -0.25) is 0 Å². The molecule has 0 aromatic carbocycles. The quantitative estimate of drug-likeness (QED) is 0.645. The fraction of sp³-hybridized carbons (Fsp3) is 1.00. The van der Waals surface area contributed by atoms with Crippen LogP contribution in [0.25, 0.3) is 0 Å². The van der Waals surface area contributed by atoms with E-state index >= 15 is 0 Å². The van der Waals surface area contributed by atoms with Gasteiger partial charge in [-0.25, -0.2) is 0 Å². The Morgan fingerprint density at radius 3 is 2.59 bits per heavy atom. The van der Waals surface area contributed by atoms with Gasteiger partial charge in [0.15, 0.2) is 0 Å². The van der Waals surface area contributed by atoms with Crippen LogP contribution in [0.2, 0.25) is 0 Å². The molecule has 0 aliphatic carbocycles. The molecule has 0 aromatic heterocycles. The summed E-state index contributed by atoms with van der Waals surface area (Å²) >= 11 is 0. The normalized spacial score (nSPS) is 20.6. The molecule has 1 atom stereocenters. The molecule has 1 rings (SSSR count). The van der Waals surface area contributed by atoms with Gasteiger partial charge in [-0.05, 0) is 45.8 Å². The number of nitrogens with one attached hydrogen (secondary N) is 1. The van der Waals surface area contributed by atoms with Crippen molar-refractivity contribution in [2.45, 2.75) is 25.8 Å². The average Bonchev–Trinajstić information content (AvgIpc) is 2.34. The van der Waals surface area contributed by atoms with Crippen molar-refractivity contribution < 1.29 is 9.47 Å². The number of piperidine rings is 1. The fourth-order valence-electron chi connectivity index (χ4n) is 2.30. The Labute approximate surface area is 106 Å². The van der Waals surface area contributed by atoms with E-state index in [1.165, 1.54) is 25.9 Å². The molecule has 1 unspecified atom stereocenters. The van der Waals surface area contributed by atoms with Crippen LogP contribution in [0.4, 0.5) is 0 Å². The van der Waals surface area contributed by atoms with Gasteiger partial charge in [-0.1, -0.05) is 0 Å². The lowest BCUT2D eigenvalue weighted by Crippen LogP contribution is -2.41. The molecule has 0 saturated carbocycles. The van der Waals surface area contributed by atoms with Gasteiger partial charge >= 0.3 is 0 Å². The summed E-state index contributed by atoms with van der Waals surface area (Å²) in [5, 5.41) is 3.56. The van der Waals surface area contributed by atoms with E-state index in [9.17, 15) is 0 Å². The topological polar surface area (TPSA) is 33.7 Å². The Morgan fingerprint density at radius 2 is 1.94 bits per heavy atom. The van der Waals surface area contributed by atoms with Crippen molar-refractivity contribution in [3.05, 3.63) is 0 Å². The van der Waals surface area contributed by atoms with Crippen LogP contribution >= 0.6 is 0 Å². The average molecular weight is 244 g/mol. The van der Waals surface area contributed by atoms with Crippen LogP contribution in [-0.4, -0.2) is 64.6 Å². The van der Waals surface area contributed by atoms with E-state index in [0.29, 0.717) is 19.3 Å². The Hall–Kier alpha value is -0.160. The van der Waals surface area contributed by atoms with Crippen LogP contribution in [-0.2, 0) is 9.47 Å². The van der Waals surface area contributed by atoms with Gasteiger partial charge in [0, 0.05) is 19.7 Å². The molecule has 0 amide bonds. The van der Waals surface area contributed by atoms with Crippen LogP contribution in [0, 0.1) is 5.92 Å². The minimum atomic E-state index is 0.606. The summed E-state index contributed by atoms with van der Waals surface area (Å²) < 4.78 is 10.4. The first kappa shape index (κ1) is 14.9. The van der Waals surface area contributed by atoms with Gasteiger partial charge in [0.05, 0.1) is 19.8 Å². The first-order valence-electron chi connectivity index (χ1n) is 6.72. The van der Waals surface area contributed by atoms with Crippen LogP contribution < -0.4 is 5.32 Å². The number of nitrogens with zero attached hydrogens (tertiary/aromatic N) is 1. The van der Waals surface area contributed by atoms with E-state index < -0.39 is 0 Å². The SMILES string of the molecule is COCCOCCNC(C)C1CCN(C)CC1. The molecule has 4 nitrogen and oxygen atoms in total. The summed E-state index contributed by atoms with van der Waals surface area (Å²) in [6.07, 6.45) is 2.63. The number of hydrogen-bond donors (Lipinski definition) is 1. The second kappa shape index (κ2) is 8.86. The molecule has 0 bridgehead atoms. The summed E-state index contributed by atoms with van der Waals surface area (Å²) in [6, 6.07) is 0.606. The third-order valence-electron chi connectivity index (χ3n) is 3.61. The van der Waals surface area contributed by atoms with Crippen molar-refractivity contribution in [3.63, 3.8) is 0 Å². The minimum absolute atomic E-state index is 0.606. The summed E-state index contributed by atoms with van der Waals surface area (Å²) in [6.45, 7) is 7.87. The highest BCUT2D eigenvalue weighted by atomic mass is 16.5. The smallest absolute Gasteiger partial charge is 0.0700 e. The molecule has 1 fully saturated rings. The van der Waals surface area contributed by atoms with E-state index in [1.807, 2.05) is 0 Å². The largest absolute Gasteiger partial charge is 0.382 e. The lowest BCUT2D eigenvalue weighted by molar-refractivity contribution is 0.0696. The number of methoxy groups -OCH3 is 1. The van der Waals surface area contributed by atoms with Crippen LogP contribution in [0.5, 0.6) is 0 Å². The third-order valence-corrected chi connectivity index (χ3v) is 3.61. The van der Waals surface area contributed by atoms with Crippen molar-refractivity contribution in [1.82, 2.24) is 10.2 Å². The van der Waals surface area contributed by atoms with Gasteiger partial charge < -0.3 is 19.7 Å². The Kier molecular flexibility index (Phi) is 7.77. The molecule has 0 aromatic rings. The maximum atomic E-state index is 5.43. The predicted octanol–water partition coefficient (Wildman–Crippen LogP) is 0.969. The maximum Gasteiger partial charge on any atom is 0.0700 e. The van der Waals surface area contributed by atoms with Crippen molar-refractivity contribution in [1.29, 1.82) is 0 Å². The summed E-state index contributed by atoms with van der Waals surface area (Å²) in [5.41, 5.74) is 0. The standard InChI is InChI=1S/C13H28N2O2/c1-12(13-4-7-15(2)8-5-13)14-6-9-17-11-10-16-3/h12-14H,4-11H2,1-3H3. The van der Waals surface area contributed by atoms with Crippen LogP contribution in [0.1, 0.15) is 19.8 Å². The van der Waals surface area contributed by atoms with Gasteiger partial charge in [-0.2, -0.15) is 0 Å². The van der Waals surface area contributed by atoms with E-state index in [2.05, 4.69) is 24.2 Å². The Bertz CT molecular complexity index is 182. The minimum Gasteiger partial charge on any atom is -0.382 e. The maximum absolute atomic E-state index is 5.43. The molecule has 1 heterocycles. The molecule has 0 radical (unpaired) electrons. The van der Waals surface area contributed by atoms with Gasteiger partial charge in [-0.15, -0.1) is 0 Å².